The van der Waals surface area contributed by atoms with Crippen molar-refractivity contribution in [2.45, 2.75) is 45.4 Å². The number of hydrogen-bond donors (Lipinski definition) is 1. The maximum Gasteiger partial charge on any atom is 0.124 e. The molecule has 0 heterocycles. The van der Waals surface area contributed by atoms with E-state index in [-0.39, 0.29) is 5.41 Å². The van der Waals surface area contributed by atoms with E-state index in [1.807, 2.05) is 0 Å². The Labute approximate surface area is 104 Å². The van der Waals surface area contributed by atoms with Gasteiger partial charge in [-0.15, -0.1) is 0 Å². The van der Waals surface area contributed by atoms with Gasteiger partial charge in [0.2, 0.25) is 0 Å². The number of benzene rings is 1. The van der Waals surface area contributed by atoms with Gasteiger partial charge in [0.25, 0.3) is 0 Å². The summed E-state index contributed by atoms with van der Waals surface area (Å²) < 4.78 is 5.48. The zero-order chi connectivity index (χ0) is 12.6. The van der Waals surface area contributed by atoms with Crippen molar-refractivity contribution in [2.75, 3.05) is 13.7 Å². The molecule has 0 aromatic heterocycles. The average molecular weight is 233 g/mol. The lowest BCUT2D eigenvalue weighted by Gasteiger charge is -2.43. The molecule has 0 unspecified atom stereocenters. The number of rotatable bonds is 3. The van der Waals surface area contributed by atoms with Gasteiger partial charge in [-0.25, -0.2) is 0 Å². The van der Waals surface area contributed by atoms with E-state index in [2.05, 4.69) is 26.8 Å². The topological polar surface area (TPSA) is 35.2 Å². The first-order valence-electron chi connectivity index (χ1n) is 6.41. The summed E-state index contributed by atoms with van der Waals surface area (Å²) in [4.78, 5) is 0. The molecule has 94 valence electrons. The first-order chi connectivity index (χ1) is 8.05. The van der Waals surface area contributed by atoms with Gasteiger partial charge in [-0.2, -0.15) is 0 Å². The third-order valence-electron chi connectivity index (χ3n) is 4.50. The lowest BCUT2D eigenvalue weighted by atomic mass is 9.63. The maximum absolute atomic E-state index is 6.01. The van der Waals surface area contributed by atoms with Crippen molar-refractivity contribution in [3.63, 3.8) is 0 Å². The highest BCUT2D eigenvalue weighted by molar-refractivity contribution is 5.52. The largest absolute Gasteiger partial charge is 0.496 e. The highest BCUT2D eigenvalue weighted by Crippen LogP contribution is 2.46. The van der Waals surface area contributed by atoms with Crippen LogP contribution in [0.1, 0.15) is 41.5 Å². The summed E-state index contributed by atoms with van der Waals surface area (Å²) in [6, 6.07) is 2.28. The molecule has 0 spiro atoms. The minimum atomic E-state index is 0.242. The van der Waals surface area contributed by atoms with Crippen molar-refractivity contribution < 1.29 is 4.74 Å². The van der Waals surface area contributed by atoms with Crippen molar-refractivity contribution in [3.05, 3.63) is 28.3 Å². The van der Waals surface area contributed by atoms with Crippen LogP contribution in [0.5, 0.6) is 5.75 Å². The molecule has 0 bridgehead atoms. The Kier molecular flexibility index (Phi) is 3.17. The molecule has 1 fully saturated rings. The monoisotopic (exact) mass is 233 g/mol. The van der Waals surface area contributed by atoms with E-state index in [9.17, 15) is 0 Å². The zero-order valence-electron chi connectivity index (χ0n) is 11.4. The second-order valence-corrected chi connectivity index (χ2v) is 5.36. The molecule has 0 atom stereocenters. The highest BCUT2D eigenvalue weighted by Gasteiger charge is 2.39. The molecule has 2 N–H and O–H groups in total. The summed E-state index contributed by atoms with van der Waals surface area (Å²) in [5, 5.41) is 0. The first kappa shape index (κ1) is 12.4. The molecule has 1 aromatic rings. The maximum atomic E-state index is 6.01. The molecule has 2 nitrogen and oxygen atoms in total. The average Bonchev–Trinajstić information content (AvgIpc) is 2.25. The Hall–Kier alpha value is -1.02. The summed E-state index contributed by atoms with van der Waals surface area (Å²) in [7, 11) is 1.75. The van der Waals surface area contributed by atoms with Gasteiger partial charge in [-0.3, -0.25) is 0 Å². The Morgan fingerprint density at radius 1 is 1.24 bits per heavy atom. The molecular formula is C15H23NO. The lowest BCUT2D eigenvalue weighted by molar-refractivity contribution is 0.251. The van der Waals surface area contributed by atoms with Crippen LogP contribution in [-0.2, 0) is 5.41 Å². The number of aryl methyl sites for hydroxylation is 1. The molecule has 2 rings (SSSR count). The van der Waals surface area contributed by atoms with E-state index in [1.54, 1.807) is 7.11 Å². The Balaban J connectivity index is 2.56. The minimum Gasteiger partial charge on any atom is -0.496 e. The fourth-order valence-electron chi connectivity index (χ4n) is 3.11. The van der Waals surface area contributed by atoms with Crippen LogP contribution in [0.15, 0.2) is 6.07 Å². The first-order valence-corrected chi connectivity index (χ1v) is 6.41. The van der Waals surface area contributed by atoms with Crippen LogP contribution in [0.2, 0.25) is 0 Å². The summed E-state index contributed by atoms with van der Waals surface area (Å²) >= 11 is 0. The van der Waals surface area contributed by atoms with Crippen molar-refractivity contribution in [3.8, 4) is 5.75 Å². The van der Waals surface area contributed by atoms with Gasteiger partial charge in [0.15, 0.2) is 0 Å². The number of ether oxygens (including phenoxy) is 1. The molecule has 1 aliphatic rings. The molecule has 1 aliphatic carbocycles. The van der Waals surface area contributed by atoms with Crippen molar-refractivity contribution >= 4 is 0 Å². The van der Waals surface area contributed by atoms with Gasteiger partial charge in [0.05, 0.1) is 7.11 Å². The summed E-state index contributed by atoms with van der Waals surface area (Å²) in [5.74, 6) is 1.03. The second kappa shape index (κ2) is 4.34. The van der Waals surface area contributed by atoms with Crippen LogP contribution in [0.4, 0.5) is 0 Å². The Morgan fingerprint density at radius 3 is 2.29 bits per heavy atom. The van der Waals surface area contributed by atoms with Gasteiger partial charge >= 0.3 is 0 Å². The number of nitrogens with two attached hydrogens (primary N) is 1. The predicted molar refractivity (Wildman–Crippen MR) is 71.8 cm³/mol. The summed E-state index contributed by atoms with van der Waals surface area (Å²) in [6.07, 6.45) is 3.77. The zero-order valence-corrected chi connectivity index (χ0v) is 11.4. The van der Waals surface area contributed by atoms with Crippen LogP contribution in [-0.4, -0.2) is 13.7 Å². The molecule has 0 amide bonds. The van der Waals surface area contributed by atoms with Crippen LogP contribution in [0.25, 0.3) is 0 Å². The fraction of sp³-hybridized carbons (Fsp3) is 0.600. The molecule has 1 saturated carbocycles. The van der Waals surface area contributed by atoms with Crippen molar-refractivity contribution in [2.24, 2.45) is 5.73 Å². The van der Waals surface area contributed by atoms with E-state index < -0.39 is 0 Å². The quantitative estimate of drug-likeness (QED) is 0.871. The predicted octanol–water partition coefficient (Wildman–Crippen LogP) is 3.00. The van der Waals surface area contributed by atoms with Gasteiger partial charge < -0.3 is 10.5 Å². The van der Waals surface area contributed by atoms with Gasteiger partial charge in [-0.1, -0.05) is 12.5 Å². The molecule has 17 heavy (non-hydrogen) atoms. The van der Waals surface area contributed by atoms with Crippen LogP contribution in [0, 0.1) is 20.8 Å². The molecular weight excluding hydrogens is 210 g/mol. The second-order valence-electron chi connectivity index (χ2n) is 5.36. The third-order valence-corrected chi connectivity index (χ3v) is 4.50. The Morgan fingerprint density at radius 2 is 1.88 bits per heavy atom. The van der Waals surface area contributed by atoms with E-state index in [0.29, 0.717) is 0 Å². The van der Waals surface area contributed by atoms with E-state index in [1.165, 1.54) is 41.5 Å². The summed E-state index contributed by atoms with van der Waals surface area (Å²) in [5.41, 5.74) is 11.5. The van der Waals surface area contributed by atoms with Crippen molar-refractivity contribution in [1.82, 2.24) is 0 Å². The van der Waals surface area contributed by atoms with E-state index in [4.69, 9.17) is 10.5 Å². The molecule has 1 aromatic carbocycles. The van der Waals surface area contributed by atoms with E-state index in [0.717, 1.165) is 12.3 Å². The SMILES string of the molecule is COc1c(C)cc(C2(CN)CCC2)c(C)c1C. The Bertz CT molecular complexity index is 428. The van der Waals surface area contributed by atoms with Crippen LogP contribution < -0.4 is 10.5 Å². The highest BCUT2D eigenvalue weighted by atomic mass is 16.5. The molecule has 0 radical (unpaired) electrons. The standard InChI is InChI=1S/C15H23NO/c1-10-8-13(15(9-16)6-5-7-15)11(2)12(3)14(10)17-4/h8H,5-7,9,16H2,1-4H3. The van der Waals surface area contributed by atoms with Crippen molar-refractivity contribution in [1.29, 1.82) is 0 Å². The van der Waals surface area contributed by atoms with Gasteiger partial charge in [0, 0.05) is 12.0 Å². The van der Waals surface area contributed by atoms with Gasteiger partial charge in [-0.05, 0) is 55.9 Å². The molecule has 2 heteroatoms. The van der Waals surface area contributed by atoms with E-state index >= 15 is 0 Å². The lowest BCUT2D eigenvalue weighted by Crippen LogP contribution is -2.42. The number of methoxy groups -OCH3 is 1. The van der Waals surface area contributed by atoms with Crippen LogP contribution >= 0.6 is 0 Å². The smallest absolute Gasteiger partial charge is 0.124 e. The normalized spacial score (nSPS) is 17.7. The van der Waals surface area contributed by atoms with Crippen LogP contribution in [0.3, 0.4) is 0 Å². The molecule has 0 aliphatic heterocycles. The minimum absolute atomic E-state index is 0.242. The third kappa shape index (κ3) is 1.75. The number of hydrogen-bond acceptors (Lipinski definition) is 2. The van der Waals surface area contributed by atoms with Gasteiger partial charge in [0.1, 0.15) is 5.75 Å². The fourth-order valence-corrected chi connectivity index (χ4v) is 3.11. The summed E-state index contributed by atoms with van der Waals surface area (Å²) in [6.45, 7) is 7.23. The molecule has 0 saturated heterocycles.